The van der Waals surface area contributed by atoms with E-state index in [4.69, 9.17) is 0 Å². The molecule has 1 aliphatic rings. The third-order valence-corrected chi connectivity index (χ3v) is 4.89. The first-order valence-corrected chi connectivity index (χ1v) is 7.59. The summed E-state index contributed by atoms with van der Waals surface area (Å²) in [7, 11) is 0. The Morgan fingerprint density at radius 3 is 2.71 bits per heavy atom. The second kappa shape index (κ2) is 6.10. The zero-order chi connectivity index (χ0) is 15.6. The molecule has 2 unspecified atom stereocenters. The van der Waals surface area contributed by atoms with Gasteiger partial charge in [0, 0.05) is 18.9 Å². The van der Waals surface area contributed by atoms with E-state index in [0.29, 0.717) is 0 Å². The fourth-order valence-corrected chi connectivity index (χ4v) is 3.12. The number of carboxylic acids is 1. The van der Waals surface area contributed by atoms with Crippen molar-refractivity contribution in [2.24, 2.45) is 11.3 Å². The van der Waals surface area contributed by atoms with Crippen LogP contribution >= 0.6 is 0 Å². The molecule has 116 valence electrons. The number of nitrogens with zero attached hydrogens (tertiary/aromatic N) is 3. The fraction of sp³-hybridized carbons (Fsp3) is 0.688. The van der Waals surface area contributed by atoms with Crippen LogP contribution in [0.3, 0.4) is 0 Å². The summed E-state index contributed by atoms with van der Waals surface area (Å²) in [6.07, 6.45) is 5.44. The molecule has 5 heteroatoms. The molecule has 1 aliphatic heterocycles. The fourth-order valence-electron chi connectivity index (χ4n) is 3.12. The number of carboxylic acid groups (broad SMARTS) is 1. The van der Waals surface area contributed by atoms with E-state index in [1.165, 1.54) is 0 Å². The van der Waals surface area contributed by atoms with Crippen LogP contribution in [0, 0.1) is 18.3 Å². The maximum absolute atomic E-state index is 11.5. The summed E-state index contributed by atoms with van der Waals surface area (Å²) in [4.78, 5) is 22.6. The van der Waals surface area contributed by atoms with Crippen LogP contribution in [-0.4, -0.2) is 39.0 Å². The lowest BCUT2D eigenvalue weighted by Gasteiger charge is -2.41. The number of hydrogen-bond acceptors (Lipinski definition) is 4. The van der Waals surface area contributed by atoms with E-state index >= 15 is 0 Å². The molecule has 1 saturated heterocycles. The van der Waals surface area contributed by atoms with Crippen LogP contribution in [0.25, 0.3) is 0 Å². The molecular formula is C16H25N3O2. The number of hydrogen-bond donors (Lipinski definition) is 1. The number of likely N-dealkylation sites (tertiary alicyclic amines) is 1. The molecule has 0 bridgehead atoms. The maximum Gasteiger partial charge on any atom is 0.309 e. The zero-order valence-corrected chi connectivity index (χ0v) is 13.3. The highest BCUT2D eigenvalue weighted by Gasteiger charge is 2.40. The average molecular weight is 291 g/mol. The van der Waals surface area contributed by atoms with E-state index < -0.39 is 11.4 Å². The molecule has 2 heterocycles. The monoisotopic (exact) mass is 291 g/mol. The molecular weight excluding hydrogens is 266 g/mol. The molecule has 5 nitrogen and oxygen atoms in total. The van der Waals surface area contributed by atoms with Gasteiger partial charge in [-0.1, -0.05) is 0 Å². The summed E-state index contributed by atoms with van der Waals surface area (Å²) in [6, 6.07) is 0.172. The summed E-state index contributed by atoms with van der Waals surface area (Å²) in [5.41, 5.74) is 1.26. The molecule has 0 aliphatic carbocycles. The SMILES string of the molecule is Cc1nccnc1C(C)N1CCCC(C(C)(C)C(=O)O)C1. The number of aryl methyl sites for hydroxylation is 1. The third kappa shape index (κ3) is 3.23. The molecule has 0 saturated carbocycles. The van der Waals surface area contributed by atoms with E-state index in [1.54, 1.807) is 12.4 Å². The number of rotatable bonds is 4. The van der Waals surface area contributed by atoms with Gasteiger partial charge in [-0.15, -0.1) is 0 Å². The quantitative estimate of drug-likeness (QED) is 0.924. The average Bonchev–Trinajstić information content (AvgIpc) is 2.47. The minimum Gasteiger partial charge on any atom is -0.481 e. The van der Waals surface area contributed by atoms with Crippen molar-refractivity contribution < 1.29 is 9.90 Å². The van der Waals surface area contributed by atoms with Crippen molar-refractivity contribution >= 4 is 5.97 Å². The van der Waals surface area contributed by atoms with Crippen LogP contribution in [0.15, 0.2) is 12.4 Å². The minimum atomic E-state index is -0.710. The van der Waals surface area contributed by atoms with Gasteiger partial charge in [0.2, 0.25) is 0 Å². The first-order chi connectivity index (χ1) is 9.84. The molecule has 21 heavy (non-hydrogen) atoms. The van der Waals surface area contributed by atoms with E-state index in [-0.39, 0.29) is 12.0 Å². The molecule has 0 aromatic carbocycles. The molecule has 0 spiro atoms. The lowest BCUT2D eigenvalue weighted by molar-refractivity contribution is -0.151. The van der Waals surface area contributed by atoms with E-state index in [2.05, 4.69) is 21.8 Å². The number of aliphatic carboxylic acids is 1. The molecule has 0 radical (unpaired) electrons. The second-order valence-corrected chi connectivity index (χ2v) is 6.56. The van der Waals surface area contributed by atoms with Crippen LogP contribution in [0.4, 0.5) is 0 Å². The molecule has 2 atom stereocenters. The van der Waals surface area contributed by atoms with Gasteiger partial charge in [-0.05, 0) is 53.0 Å². The number of carbonyl (C=O) groups is 1. The first-order valence-electron chi connectivity index (χ1n) is 7.59. The van der Waals surface area contributed by atoms with Gasteiger partial charge in [-0.2, -0.15) is 0 Å². The van der Waals surface area contributed by atoms with Gasteiger partial charge in [0.1, 0.15) is 0 Å². The van der Waals surface area contributed by atoms with Gasteiger partial charge < -0.3 is 5.11 Å². The molecule has 1 N–H and O–H groups in total. The van der Waals surface area contributed by atoms with Crippen molar-refractivity contribution in [1.82, 2.24) is 14.9 Å². The Balaban J connectivity index is 2.15. The highest BCUT2D eigenvalue weighted by atomic mass is 16.4. The Morgan fingerprint density at radius 2 is 2.10 bits per heavy atom. The summed E-state index contributed by atoms with van der Waals surface area (Å²) < 4.78 is 0. The normalized spacial score (nSPS) is 22.0. The van der Waals surface area contributed by atoms with Gasteiger partial charge in [-0.25, -0.2) is 0 Å². The van der Waals surface area contributed by atoms with Gasteiger partial charge in [0.15, 0.2) is 0 Å². The summed E-state index contributed by atoms with van der Waals surface area (Å²) in [6.45, 7) is 9.57. The summed E-state index contributed by atoms with van der Waals surface area (Å²) in [5.74, 6) is -0.541. The van der Waals surface area contributed by atoms with Crippen molar-refractivity contribution in [2.75, 3.05) is 13.1 Å². The van der Waals surface area contributed by atoms with Crippen molar-refractivity contribution in [1.29, 1.82) is 0 Å². The highest BCUT2D eigenvalue weighted by molar-refractivity contribution is 5.74. The lowest BCUT2D eigenvalue weighted by Crippen LogP contribution is -2.45. The maximum atomic E-state index is 11.5. The first kappa shape index (κ1) is 15.9. The van der Waals surface area contributed by atoms with Crippen molar-refractivity contribution in [3.8, 4) is 0 Å². The number of aromatic nitrogens is 2. The molecule has 1 aromatic rings. The van der Waals surface area contributed by atoms with E-state index in [0.717, 1.165) is 37.3 Å². The number of piperidine rings is 1. The molecule has 2 rings (SSSR count). The van der Waals surface area contributed by atoms with Crippen molar-refractivity contribution in [3.63, 3.8) is 0 Å². The summed E-state index contributed by atoms with van der Waals surface area (Å²) >= 11 is 0. The topological polar surface area (TPSA) is 66.3 Å². The Kier molecular flexibility index (Phi) is 4.61. The van der Waals surface area contributed by atoms with Crippen LogP contribution in [-0.2, 0) is 4.79 Å². The second-order valence-electron chi connectivity index (χ2n) is 6.56. The predicted octanol–water partition coefficient (Wildman–Crippen LogP) is 2.67. The standard InChI is InChI=1S/C16H25N3O2/c1-11-14(18-8-7-17-11)12(2)19-9-5-6-13(10-19)16(3,4)15(20)21/h7-8,12-13H,5-6,9-10H2,1-4H3,(H,20,21). The van der Waals surface area contributed by atoms with Gasteiger partial charge >= 0.3 is 5.97 Å². The predicted molar refractivity (Wildman–Crippen MR) is 80.9 cm³/mol. The van der Waals surface area contributed by atoms with Crippen LogP contribution < -0.4 is 0 Å². The Bertz CT molecular complexity index is 516. The van der Waals surface area contributed by atoms with Crippen molar-refractivity contribution in [2.45, 2.75) is 46.6 Å². The minimum absolute atomic E-state index is 0.170. The van der Waals surface area contributed by atoms with E-state index in [1.807, 2.05) is 20.8 Å². The summed E-state index contributed by atoms with van der Waals surface area (Å²) in [5, 5.41) is 9.44. The molecule has 1 fully saturated rings. The zero-order valence-electron chi connectivity index (χ0n) is 13.3. The lowest BCUT2D eigenvalue weighted by atomic mass is 9.74. The Morgan fingerprint density at radius 1 is 1.43 bits per heavy atom. The molecule has 1 aromatic heterocycles. The van der Waals surface area contributed by atoms with E-state index in [9.17, 15) is 9.90 Å². The molecule has 0 amide bonds. The smallest absolute Gasteiger partial charge is 0.309 e. The Labute approximate surface area is 126 Å². The van der Waals surface area contributed by atoms with Gasteiger partial charge in [0.05, 0.1) is 22.8 Å². The third-order valence-electron chi connectivity index (χ3n) is 4.89. The Hall–Kier alpha value is -1.49. The highest BCUT2D eigenvalue weighted by Crippen LogP contribution is 2.36. The van der Waals surface area contributed by atoms with Crippen LogP contribution in [0.2, 0.25) is 0 Å². The van der Waals surface area contributed by atoms with Crippen LogP contribution in [0.1, 0.15) is 51.0 Å². The van der Waals surface area contributed by atoms with Gasteiger partial charge in [-0.3, -0.25) is 19.7 Å². The van der Waals surface area contributed by atoms with Crippen LogP contribution in [0.5, 0.6) is 0 Å². The largest absolute Gasteiger partial charge is 0.481 e. The van der Waals surface area contributed by atoms with Crippen molar-refractivity contribution in [3.05, 3.63) is 23.8 Å². The van der Waals surface area contributed by atoms with Gasteiger partial charge in [0.25, 0.3) is 0 Å².